The molecule has 4 heteroatoms. The monoisotopic (exact) mass is 346 g/mol. The van der Waals surface area contributed by atoms with E-state index in [4.69, 9.17) is 23.2 Å². The molecule has 0 nitrogen and oxygen atoms in total. The second-order valence-corrected chi connectivity index (χ2v) is 5.77. The molecule has 0 heterocycles. The van der Waals surface area contributed by atoms with Crippen LogP contribution in [0.1, 0.15) is 16.5 Å². The Morgan fingerprint density at radius 3 is 2.39 bits per heavy atom. The molecule has 0 saturated carbocycles. The molecule has 0 bridgehead atoms. The summed E-state index contributed by atoms with van der Waals surface area (Å²) in [7, 11) is 0. The summed E-state index contributed by atoms with van der Waals surface area (Å²) in [6.45, 7) is 0. The van der Waals surface area contributed by atoms with E-state index in [9.17, 15) is 4.39 Å². The van der Waals surface area contributed by atoms with Crippen LogP contribution in [0.25, 0.3) is 0 Å². The number of hydrogen-bond acceptors (Lipinski definition) is 0. The standard InChI is InChI=1S/C14H10BrCl2F/c15-10-6-4-9(5-7-10)13(17)8-11-12(16)2-1-3-14(11)18/h1-7,13H,8H2. The third-order valence-corrected chi connectivity index (χ3v) is 3.97. The van der Waals surface area contributed by atoms with Crippen LogP contribution in [0.15, 0.2) is 46.9 Å². The van der Waals surface area contributed by atoms with Crippen LogP contribution in [0.4, 0.5) is 4.39 Å². The summed E-state index contributed by atoms with van der Waals surface area (Å²) in [5, 5.41) is 0.116. The lowest BCUT2D eigenvalue weighted by Gasteiger charge is -2.12. The largest absolute Gasteiger partial charge is 0.207 e. The maximum atomic E-state index is 13.6. The molecule has 1 atom stereocenters. The quantitative estimate of drug-likeness (QED) is 0.619. The average molecular weight is 348 g/mol. The van der Waals surface area contributed by atoms with Gasteiger partial charge < -0.3 is 0 Å². The van der Waals surface area contributed by atoms with Gasteiger partial charge >= 0.3 is 0 Å². The lowest BCUT2D eigenvalue weighted by Crippen LogP contribution is -1.99. The molecule has 0 amide bonds. The minimum absolute atomic E-state index is 0.299. The van der Waals surface area contributed by atoms with Gasteiger partial charge in [-0.3, -0.25) is 0 Å². The molecule has 2 aromatic carbocycles. The minimum atomic E-state index is -0.315. The highest BCUT2D eigenvalue weighted by molar-refractivity contribution is 9.10. The zero-order valence-electron chi connectivity index (χ0n) is 9.34. The molecule has 1 unspecified atom stereocenters. The second-order valence-electron chi connectivity index (χ2n) is 3.92. The number of alkyl halides is 1. The smallest absolute Gasteiger partial charge is 0.127 e. The molecular formula is C14H10BrCl2F. The molecule has 18 heavy (non-hydrogen) atoms. The Balaban J connectivity index is 2.21. The van der Waals surface area contributed by atoms with E-state index in [2.05, 4.69) is 15.9 Å². The maximum Gasteiger partial charge on any atom is 0.127 e. The molecule has 0 fully saturated rings. The summed E-state index contributed by atoms with van der Waals surface area (Å²) >= 11 is 15.6. The first-order valence-corrected chi connectivity index (χ1v) is 7.01. The third-order valence-electron chi connectivity index (χ3n) is 2.68. The van der Waals surface area contributed by atoms with Crippen LogP contribution in [0.5, 0.6) is 0 Å². The van der Waals surface area contributed by atoms with Crippen LogP contribution in [0, 0.1) is 5.82 Å². The van der Waals surface area contributed by atoms with Crippen LogP contribution < -0.4 is 0 Å². The summed E-state index contributed by atoms with van der Waals surface area (Å²) in [4.78, 5) is 0. The highest BCUT2D eigenvalue weighted by atomic mass is 79.9. The summed E-state index contributed by atoms with van der Waals surface area (Å²) in [5.41, 5.74) is 1.40. The first kappa shape index (κ1) is 13.9. The van der Waals surface area contributed by atoms with Crippen molar-refractivity contribution in [1.82, 2.24) is 0 Å². The summed E-state index contributed by atoms with van der Waals surface area (Å²) < 4.78 is 14.6. The van der Waals surface area contributed by atoms with Gasteiger partial charge in [-0.1, -0.05) is 45.7 Å². The maximum absolute atomic E-state index is 13.6. The van der Waals surface area contributed by atoms with Gasteiger partial charge in [0, 0.05) is 15.1 Å². The van der Waals surface area contributed by atoms with E-state index in [-0.39, 0.29) is 11.2 Å². The SMILES string of the molecule is Fc1cccc(Cl)c1CC(Cl)c1ccc(Br)cc1. The van der Waals surface area contributed by atoms with Gasteiger partial charge in [0.1, 0.15) is 5.82 Å². The van der Waals surface area contributed by atoms with Gasteiger partial charge in [-0.05, 0) is 36.2 Å². The predicted octanol–water partition coefficient (Wildman–Crippen LogP) is 5.76. The third kappa shape index (κ3) is 3.25. The van der Waals surface area contributed by atoms with Crippen LogP contribution in [0.3, 0.4) is 0 Å². The van der Waals surface area contributed by atoms with Crippen molar-refractivity contribution in [2.24, 2.45) is 0 Å². The van der Waals surface area contributed by atoms with Crippen LogP contribution in [-0.4, -0.2) is 0 Å². The Morgan fingerprint density at radius 2 is 1.78 bits per heavy atom. The van der Waals surface area contributed by atoms with Crippen LogP contribution >= 0.6 is 39.1 Å². The van der Waals surface area contributed by atoms with Crippen molar-refractivity contribution >= 4 is 39.1 Å². The molecule has 0 saturated heterocycles. The molecule has 0 aromatic heterocycles. The fourth-order valence-corrected chi connectivity index (χ4v) is 2.50. The van der Waals surface area contributed by atoms with Gasteiger partial charge in [0.05, 0.1) is 5.38 Å². The van der Waals surface area contributed by atoms with E-state index in [1.54, 1.807) is 12.1 Å². The zero-order valence-corrected chi connectivity index (χ0v) is 12.4. The molecule has 0 radical (unpaired) electrons. The lowest BCUT2D eigenvalue weighted by molar-refractivity contribution is 0.607. The number of halogens is 4. The molecular weight excluding hydrogens is 338 g/mol. The van der Waals surface area contributed by atoms with Gasteiger partial charge in [-0.2, -0.15) is 0 Å². The van der Waals surface area contributed by atoms with E-state index in [0.29, 0.717) is 17.0 Å². The molecule has 0 aliphatic carbocycles. The van der Waals surface area contributed by atoms with Crippen molar-refractivity contribution in [2.75, 3.05) is 0 Å². The Labute approximate surface area is 124 Å². The highest BCUT2D eigenvalue weighted by Crippen LogP contribution is 2.30. The molecule has 0 spiro atoms. The number of rotatable bonds is 3. The van der Waals surface area contributed by atoms with Gasteiger partial charge in [-0.15, -0.1) is 11.6 Å². The predicted molar refractivity (Wildman–Crippen MR) is 77.9 cm³/mol. The van der Waals surface area contributed by atoms with E-state index in [1.807, 2.05) is 24.3 Å². The van der Waals surface area contributed by atoms with Crippen molar-refractivity contribution in [3.05, 3.63) is 68.9 Å². The first-order chi connectivity index (χ1) is 8.58. The van der Waals surface area contributed by atoms with Crippen molar-refractivity contribution < 1.29 is 4.39 Å². The van der Waals surface area contributed by atoms with Crippen molar-refractivity contribution in [3.63, 3.8) is 0 Å². The topological polar surface area (TPSA) is 0 Å². The van der Waals surface area contributed by atoms with Gasteiger partial charge in [0.15, 0.2) is 0 Å². The molecule has 2 rings (SSSR count). The normalized spacial score (nSPS) is 12.4. The summed E-state index contributed by atoms with van der Waals surface area (Å²) in [5.74, 6) is -0.315. The Morgan fingerprint density at radius 1 is 1.11 bits per heavy atom. The number of benzene rings is 2. The van der Waals surface area contributed by atoms with Crippen molar-refractivity contribution in [2.45, 2.75) is 11.8 Å². The van der Waals surface area contributed by atoms with Crippen LogP contribution in [0.2, 0.25) is 5.02 Å². The second kappa shape index (κ2) is 6.05. The molecule has 94 valence electrons. The van der Waals surface area contributed by atoms with E-state index >= 15 is 0 Å². The summed E-state index contributed by atoms with van der Waals surface area (Å²) in [6.07, 6.45) is 0.370. The molecule has 0 aliphatic rings. The van der Waals surface area contributed by atoms with Gasteiger partial charge in [-0.25, -0.2) is 4.39 Å². The molecule has 2 aromatic rings. The molecule has 0 N–H and O–H groups in total. The highest BCUT2D eigenvalue weighted by Gasteiger charge is 2.14. The van der Waals surface area contributed by atoms with E-state index in [0.717, 1.165) is 10.0 Å². The summed E-state index contributed by atoms with van der Waals surface area (Å²) in [6, 6.07) is 12.3. The lowest BCUT2D eigenvalue weighted by atomic mass is 10.0. The zero-order chi connectivity index (χ0) is 13.1. The first-order valence-electron chi connectivity index (χ1n) is 5.40. The fraction of sp³-hybridized carbons (Fsp3) is 0.143. The van der Waals surface area contributed by atoms with E-state index in [1.165, 1.54) is 6.07 Å². The average Bonchev–Trinajstić information content (AvgIpc) is 2.34. The van der Waals surface area contributed by atoms with Crippen molar-refractivity contribution in [1.29, 1.82) is 0 Å². The van der Waals surface area contributed by atoms with Crippen LogP contribution in [-0.2, 0) is 6.42 Å². The Bertz CT molecular complexity index is 520. The number of hydrogen-bond donors (Lipinski definition) is 0. The van der Waals surface area contributed by atoms with Crippen molar-refractivity contribution in [3.8, 4) is 0 Å². The minimum Gasteiger partial charge on any atom is -0.207 e. The molecule has 0 aliphatic heterocycles. The van der Waals surface area contributed by atoms with E-state index < -0.39 is 0 Å². The fourth-order valence-electron chi connectivity index (χ4n) is 1.70. The van der Waals surface area contributed by atoms with Gasteiger partial charge in [0.2, 0.25) is 0 Å². The van der Waals surface area contributed by atoms with Gasteiger partial charge in [0.25, 0.3) is 0 Å². The Hall–Kier alpha value is -0.570. The Kier molecular flexibility index (Phi) is 4.66.